The molecule has 4 fully saturated rings. The predicted molar refractivity (Wildman–Crippen MR) is 112 cm³/mol. The number of ether oxygens (including phenoxy) is 2. The number of esters is 2. The van der Waals surface area contributed by atoms with Crippen LogP contribution in [0, 0.1) is 40.4 Å². The first-order valence-corrected chi connectivity index (χ1v) is 11.7. The highest BCUT2D eigenvalue weighted by molar-refractivity contribution is 5.92. The highest BCUT2D eigenvalue weighted by Crippen LogP contribution is 2.66. The third-order valence-corrected chi connectivity index (χ3v) is 9.42. The minimum absolute atomic E-state index is 0.0639. The maximum absolute atomic E-state index is 12.2. The lowest BCUT2D eigenvalue weighted by atomic mass is 9.43. The Hall–Kier alpha value is -1.59. The number of oxime groups is 1. The SMILES string of the molecule is CC(=O)OC1[C@@H]2[C@H](CC[C@]3(C)C(=NO)CC[C@@H]23)[C@@]2(C)CC[C@H](C)C[C@@H]2[C@H]1OC(C)=O. The van der Waals surface area contributed by atoms with E-state index >= 15 is 0 Å². The first-order valence-electron chi connectivity index (χ1n) is 11.7. The van der Waals surface area contributed by atoms with Gasteiger partial charge in [0.1, 0.15) is 12.2 Å². The minimum atomic E-state index is -0.428. The summed E-state index contributed by atoms with van der Waals surface area (Å²) >= 11 is 0. The Bertz CT molecular complexity index is 750. The molecule has 0 aliphatic heterocycles. The van der Waals surface area contributed by atoms with Crippen LogP contribution >= 0.6 is 0 Å². The van der Waals surface area contributed by atoms with E-state index in [1.165, 1.54) is 20.3 Å². The molecule has 4 aliphatic carbocycles. The van der Waals surface area contributed by atoms with Crippen molar-refractivity contribution in [2.45, 2.75) is 91.8 Å². The summed E-state index contributed by atoms with van der Waals surface area (Å²) in [5.74, 6) is 0.954. The monoisotopic (exact) mass is 419 g/mol. The van der Waals surface area contributed by atoms with Crippen LogP contribution in [0.3, 0.4) is 0 Å². The smallest absolute Gasteiger partial charge is 0.303 e. The van der Waals surface area contributed by atoms with Crippen LogP contribution in [0.4, 0.5) is 0 Å². The van der Waals surface area contributed by atoms with Crippen molar-refractivity contribution in [3.8, 4) is 0 Å². The Morgan fingerprint density at radius 2 is 1.63 bits per heavy atom. The number of hydrogen-bond donors (Lipinski definition) is 1. The summed E-state index contributed by atoms with van der Waals surface area (Å²) in [7, 11) is 0. The number of rotatable bonds is 2. The molecule has 4 rings (SSSR count). The summed E-state index contributed by atoms with van der Waals surface area (Å²) in [6.07, 6.45) is 6.22. The predicted octanol–water partition coefficient (Wildman–Crippen LogP) is 4.58. The fraction of sp³-hybridized carbons (Fsp3) is 0.875. The Balaban J connectivity index is 1.82. The van der Waals surface area contributed by atoms with Crippen molar-refractivity contribution in [2.24, 2.45) is 45.6 Å². The van der Waals surface area contributed by atoms with Crippen LogP contribution in [0.25, 0.3) is 0 Å². The van der Waals surface area contributed by atoms with Gasteiger partial charge in [-0.25, -0.2) is 0 Å². The molecule has 0 aromatic rings. The molecule has 0 heterocycles. The van der Waals surface area contributed by atoms with Crippen LogP contribution in [-0.2, 0) is 19.1 Å². The van der Waals surface area contributed by atoms with Crippen LogP contribution in [-0.4, -0.2) is 35.1 Å². The maximum Gasteiger partial charge on any atom is 0.303 e. The second kappa shape index (κ2) is 7.52. The molecule has 0 bridgehead atoms. The van der Waals surface area contributed by atoms with Crippen LogP contribution < -0.4 is 0 Å². The van der Waals surface area contributed by atoms with Crippen LogP contribution in [0.2, 0.25) is 0 Å². The summed E-state index contributed by atoms with van der Waals surface area (Å²) in [6.45, 7) is 9.78. The first kappa shape index (κ1) is 21.6. The third-order valence-electron chi connectivity index (χ3n) is 9.42. The summed E-state index contributed by atoms with van der Waals surface area (Å²) in [6, 6.07) is 0. The molecule has 0 radical (unpaired) electrons. The molecule has 0 saturated heterocycles. The summed E-state index contributed by atoms with van der Waals surface area (Å²) in [5, 5.41) is 13.3. The standard InChI is InChI=1S/C24H37NO5/c1-13-8-10-23(4)17-9-11-24(5)16(6-7-19(24)25-28)20(17)22(30-15(3)27)21(18(23)12-13)29-14(2)26/h13,16-18,20-22,28H,6-12H2,1-5H3/t13-,16-,17-,18+,20-,21+,22?,23+,24-/m0/s1. The van der Waals surface area contributed by atoms with Gasteiger partial charge in [-0.1, -0.05) is 32.3 Å². The maximum atomic E-state index is 12.2. The molecule has 1 unspecified atom stereocenters. The molecule has 9 atom stereocenters. The van der Waals surface area contributed by atoms with E-state index in [-0.39, 0.29) is 40.5 Å². The normalized spacial score (nSPS) is 49.0. The summed E-state index contributed by atoms with van der Waals surface area (Å²) < 4.78 is 12.0. The van der Waals surface area contributed by atoms with Crippen molar-refractivity contribution in [3.63, 3.8) is 0 Å². The van der Waals surface area contributed by atoms with Gasteiger partial charge in [0.25, 0.3) is 0 Å². The Kier molecular flexibility index (Phi) is 5.43. The summed E-state index contributed by atoms with van der Waals surface area (Å²) in [5.41, 5.74) is 0.760. The molecule has 4 saturated carbocycles. The van der Waals surface area contributed by atoms with Crippen molar-refractivity contribution < 1.29 is 24.3 Å². The van der Waals surface area contributed by atoms with Gasteiger partial charge in [-0.2, -0.15) is 0 Å². The molecule has 6 heteroatoms. The average molecular weight is 420 g/mol. The van der Waals surface area contributed by atoms with Gasteiger partial charge < -0.3 is 14.7 Å². The van der Waals surface area contributed by atoms with Gasteiger partial charge in [0.05, 0.1) is 5.71 Å². The number of hydrogen-bond acceptors (Lipinski definition) is 6. The van der Waals surface area contributed by atoms with E-state index in [9.17, 15) is 14.8 Å². The molecule has 0 aromatic heterocycles. The Morgan fingerprint density at radius 1 is 0.967 bits per heavy atom. The Morgan fingerprint density at radius 3 is 2.27 bits per heavy atom. The van der Waals surface area contributed by atoms with E-state index in [0.29, 0.717) is 11.8 Å². The van der Waals surface area contributed by atoms with Crippen molar-refractivity contribution in [1.29, 1.82) is 0 Å². The van der Waals surface area contributed by atoms with Gasteiger partial charge in [0.15, 0.2) is 0 Å². The quantitative estimate of drug-likeness (QED) is 0.402. The van der Waals surface area contributed by atoms with E-state index in [1.807, 2.05) is 0 Å². The van der Waals surface area contributed by atoms with E-state index in [1.54, 1.807) is 0 Å². The lowest BCUT2D eigenvalue weighted by Gasteiger charge is -2.63. The highest BCUT2D eigenvalue weighted by Gasteiger charge is 2.66. The molecule has 0 aromatic carbocycles. The second-order valence-electron chi connectivity index (χ2n) is 11.0. The molecule has 6 nitrogen and oxygen atoms in total. The van der Waals surface area contributed by atoms with Crippen LogP contribution in [0.15, 0.2) is 5.16 Å². The molecule has 0 spiro atoms. The van der Waals surface area contributed by atoms with Gasteiger partial charge in [0.2, 0.25) is 0 Å². The van der Waals surface area contributed by atoms with Gasteiger partial charge in [-0.05, 0) is 61.7 Å². The average Bonchev–Trinajstić information content (AvgIpc) is 3.01. The minimum Gasteiger partial charge on any atom is -0.458 e. The van der Waals surface area contributed by atoms with Gasteiger partial charge in [0, 0.05) is 31.1 Å². The largest absolute Gasteiger partial charge is 0.458 e. The molecule has 168 valence electrons. The number of carbonyl (C=O) groups excluding carboxylic acids is 2. The van der Waals surface area contributed by atoms with Crippen molar-refractivity contribution >= 4 is 17.7 Å². The van der Waals surface area contributed by atoms with Crippen LogP contribution in [0.5, 0.6) is 0 Å². The van der Waals surface area contributed by atoms with E-state index < -0.39 is 12.2 Å². The van der Waals surface area contributed by atoms with Crippen molar-refractivity contribution in [3.05, 3.63) is 0 Å². The zero-order valence-electron chi connectivity index (χ0n) is 19.0. The van der Waals surface area contributed by atoms with Crippen molar-refractivity contribution in [1.82, 2.24) is 0 Å². The van der Waals surface area contributed by atoms with E-state index in [2.05, 4.69) is 25.9 Å². The Labute approximate surface area is 179 Å². The van der Waals surface area contributed by atoms with Crippen LogP contribution in [0.1, 0.15) is 79.6 Å². The molecule has 1 N–H and O–H groups in total. The lowest BCUT2D eigenvalue weighted by molar-refractivity contribution is -0.234. The molecule has 30 heavy (non-hydrogen) atoms. The molecular formula is C24H37NO5. The zero-order valence-corrected chi connectivity index (χ0v) is 19.0. The number of fused-ring (bicyclic) bond motifs is 5. The van der Waals surface area contributed by atoms with Gasteiger partial charge in [-0.3, -0.25) is 9.59 Å². The van der Waals surface area contributed by atoms with E-state index in [4.69, 9.17) is 9.47 Å². The van der Waals surface area contributed by atoms with Gasteiger partial charge >= 0.3 is 11.9 Å². The lowest BCUT2D eigenvalue weighted by Crippen LogP contribution is -2.65. The third kappa shape index (κ3) is 3.16. The summed E-state index contributed by atoms with van der Waals surface area (Å²) in [4.78, 5) is 24.3. The molecular weight excluding hydrogens is 382 g/mol. The molecule has 4 aliphatic rings. The number of nitrogens with zero attached hydrogens (tertiary/aromatic N) is 1. The fourth-order valence-electron chi connectivity index (χ4n) is 8.04. The fourth-order valence-corrected chi connectivity index (χ4v) is 8.04. The van der Waals surface area contributed by atoms with Gasteiger partial charge in [-0.15, -0.1) is 0 Å². The topological polar surface area (TPSA) is 85.2 Å². The number of carbonyl (C=O) groups is 2. The highest BCUT2D eigenvalue weighted by atomic mass is 16.6. The first-order chi connectivity index (χ1) is 14.1. The van der Waals surface area contributed by atoms with E-state index in [0.717, 1.165) is 44.2 Å². The zero-order chi connectivity index (χ0) is 21.8. The molecule has 0 amide bonds. The van der Waals surface area contributed by atoms with Crippen molar-refractivity contribution in [2.75, 3.05) is 0 Å². The second-order valence-corrected chi connectivity index (χ2v) is 11.0.